The van der Waals surface area contributed by atoms with Crippen LogP contribution in [0, 0.1) is 28.8 Å². The van der Waals surface area contributed by atoms with Gasteiger partial charge in [-0.2, -0.15) is 10.4 Å². The molecule has 32 heavy (non-hydrogen) atoms. The van der Waals surface area contributed by atoms with E-state index in [4.69, 9.17) is 16.7 Å². The lowest BCUT2D eigenvalue weighted by molar-refractivity contribution is 0.0995. The normalized spacial score (nSPS) is 15.2. The van der Waals surface area contributed by atoms with Crippen LogP contribution in [0.3, 0.4) is 0 Å². The minimum atomic E-state index is -1.15. The van der Waals surface area contributed by atoms with Gasteiger partial charge in [0, 0.05) is 12.1 Å². The van der Waals surface area contributed by atoms with Crippen molar-refractivity contribution in [2.75, 3.05) is 6.54 Å². The van der Waals surface area contributed by atoms with Crippen molar-refractivity contribution in [1.29, 1.82) is 5.26 Å². The molecule has 3 aromatic rings. The summed E-state index contributed by atoms with van der Waals surface area (Å²) >= 11 is 0. The monoisotopic (exact) mass is 440 g/mol. The van der Waals surface area contributed by atoms with Crippen LogP contribution in [-0.2, 0) is 6.54 Å². The number of nitriles is 1. The summed E-state index contributed by atoms with van der Waals surface area (Å²) in [5, 5.41) is 13.3. The molecule has 0 fully saturated rings. The number of hydrogen-bond donors (Lipinski definition) is 2. The Morgan fingerprint density at radius 3 is 2.38 bits per heavy atom. The molecule has 1 aliphatic heterocycles. The van der Waals surface area contributed by atoms with Gasteiger partial charge < -0.3 is 16.4 Å². The van der Waals surface area contributed by atoms with Crippen molar-refractivity contribution in [1.82, 2.24) is 14.7 Å². The molecule has 1 aromatic heterocycles. The molecule has 8 nitrogen and oxygen atoms in total. The Kier molecular flexibility index (Phi) is 5.06. The highest BCUT2D eigenvalue weighted by Gasteiger charge is 2.38. The van der Waals surface area contributed by atoms with Crippen LogP contribution in [0.25, 0.3) is 11.3 Å². The summed E-state index contributed by atoms with van der Waals surface area (Å²) in [7, 11) is 0. The summed E-state index contributed by atoms with van der Waals surface area (Å²) in [5.41, 5.74) is 11.2. The highest BCUT2D eigenvalue weighted by Crippen LogP contribution is 2.38. The molecule has 0 aliphatic carbocycles. The predicted molar refractivity (Wildman–Crippen MR) is 105 cm³/mol. The van der Waals surface area contributed by atoms with Crippen molar-refractivity contribution in [2.24, 2.45) is 11.5 Å². The molecule has 2 aromatic carbocycles. The third kappa shape index (κ3) is 3.31. The minimum Gasteiger partial charge on any atom is -0.365 e. The van der Waals surface area contributed by atoms with Crippen molar-refractivity contribution in [2.45, 2.75) is 12.6 Å². The Hall–Kier alpha value is -4.33. The van der Waals surface area contributed by atoms with Gasteiger partial charge in [0.2, 0.25) is 0 Å². The van der Waals surface area contributed by atoms with Crippen molar-refractivity contribution in [3.05, 3.63) is 76.2 Å². The number of benzene rings is 2. The number of aromatic nitrogens is 2. The number of amides is 3. The van der Waals surface area contributed by atoms with E-state index in [0.29, 0.717) is 0 Å². The third-order valence-electron chi connectivity index (χ3n) is 5.27. The summed E-state index contributed by atoms with van der Waals surface area (Å²) in [5.74, 6) is -3.98. The van der Waals surface area contributed by atoms with Gasteiger partial charge in [-0.05, 0) is 35.9 Å². The van der Waals surface area contributed by atoms with Gasteiger partial charge in [0.05, 0.1) is 23.4 Å². The molecule has 4 N–H and O–H groups in total. The Balaban J connectivity index is 1.98. The van der Waals surface area contributed by atoms with E-state index in [9.17, 15) is 22.8 Å². The van der Waals surface area contributed by atoms with Crippen molar-refractivity contribution < 1.29 is 22.8 Å². The van der Waals surface area contributed by atoms with E-state index in [1.807, 2.05) is 0 Å². The van der Waals surface area contributed by atoms with Crippen molar-refractivity contribution in [3.8, 4) is 17.3 Å². The Bertz CT molecular complexity index is 1310. The molecule has 1 atom stereocenters. The average Bonchev–Trinajstić information content (AvgIpc) is 3.14. The van der Waals surface area contributed by atoms with Crippen molar-refractivity contribution in [3.63, 3.8) is 0 Å². The average molecular weight is 440 g/mol. The van der Waals surface area contributed by atoms with Gasteiger partial charge in [0.15, 0.2) is 11.6 Å². The number of nitrogens with two attached hydrogens (primary N) is 2. The lowest BCUT2D eigenvalue weighted by atomic mass is 9.94. The molecule has 0 saturated carbocycles. The van der Waals surface area contributed by atoms with E-state index in [1.54, 1.807) is 6.07 Å². The van der Waals surface area contributed by atoms with E-state index in [2.05, 4.69) is 5.10 Å². The summed E-state index contributed by atoms with van der Waals surface area (Å²) in [6, 6.07) is 6.53. The maximum absolute atomic E-state index is 14.4. The maximum Gasteiger partial charge on any atom is 0.315 e. The molecular formula is C21H15F3N6O2. The van der Waals surface area contributed by atoms with Gasteiger partial charge in [-0.3, -0.25) is 9.48 Å². The largest absolute Gasteiger partial charge is 0.365 e. The fourth-order valence-electron chi connectivity index (χ4n) is 3.86. The number of rotatable bonds is 3. The van der Waals surface area contributed by atoms with Crippen LogP contribution in [0.4, 0.5) is 18.0 Å². The first-order valence-corrected chi connectivity index (χ1v) is 9.34. The summed E-state index contributed by atoms with van der Waals surface area (Å²) in [6.45, 7) is 0.198. The molecule has 0 radical (unpaired) electrons. The van der Waals surface area contributed by atoms with Gasteiger partial charge in [-0.15, -0.1) is 0 Å². The second kappa shape index (κ2) is 7.73. The quantitative estimate of drug-likeness (QED) is 0.647. The highest BCUT2D eigenvalue weighted by molar-refractivity contribution is 6.00. The number of hydrogen-bond acceptors (Lipinski definition) is 4. The van der Waals surface area contributed by atoms with Crippen LogP contribution >= 0.6 is 0 Å². The van der Waals surface area contributed by atoms with Gasteiger partial charge in [-0.25, -0.2) is 18.0 Å². The highest BCUT2D eigenvalue weighted by atomic mass is 19.2. The molecule has 162 valence electrons. The van der Waals surface area contributed by atoms with Gasteiger partial charge in [0.1, 0.15) is 23.6 Å². The van der Waals surface area contributed by atoms with Crippen LogP contribution in [-0.4, -0.2) is 33.2 Å². The van der Waals surface area contributed by atoms with Gasteiger partial charge in [-0.1, -0.05) is 6.07 Å². The number of carbonyl (C=O) groups excluding carboxylic acids is 2. The summed E-state index contributed by atoms with van der Waals surface area (Å²) in [6.07, 6.45) is 0. The molecule has 0 bridgehead atoms. The van der Waals surface area contributed by atoms with E-state index in [0.717, 1.165) is 18.2 Å². The third-order valence-corrected chi connectivity index (χ3v) is 5.27. The van der Waals surface area contributed by atoms with Crippen LogP contribution in [0.1, 0.15) is 33.2 Å². The fraction of sp³-hybridized carbons (Fsp3) is 0.143. The van der Waals surface area contributed by atoms with Crippen LogP contribution in [0.15, 0.2) is 36.4 Å². The van der Waals surface area contributed by atoms with Crippen LogP contribution in [0.2, 0.25) is 0 Å². The molecule has 1 aliphatic rings. The van der Waals surface area contributed by atoms with Gasteiger partial charge >= 0.3 is 6.03 Å². The summed E-state index contributed by atoms with van der Waals surface area (Å²) in [4.78, 5) is 25.8. The predicted octanol–water partition coefficient (Wildman–Crippen LogP) is 2.42. The first-order chi connectivity index (χ1) is 15.2. The number of urea groups is 1. The smallest absolute Gasteiger partial charge is 0.315 e. The molecule has 1 unspecified atom stereocenters. The maximum atomic E-state index is 14.4. The lowest BCUT2D eigenvalue weighted by Crippen LogP contribution is -2.46. The zero-order chi connectivity index (χ0) is 23.2. The first-order valence-electron chi connectivity index (χ1n) is 9.34. The standard InChI is InChI=1S/C21H15F3N6O2/c22-13-4-3-10(7-15(13)24)17-16(20(26)31)19-18(11-1-2-12(9-25)14(23)8-11)29(21(27)32)5-6-30(19)28-17/h1-4,7-8,18H,5-6H2,(H2,26,31)(H2,27,32). The number of halogens is 3. The van der Waals surface area contributed by atoms with Crippen LogP contribution < -0.4 is 11.5 Å². The van der Waals surface area contributed by atoms with Crippen molar-refractivity contribution >= 4 is 11.9 Å². The molecule has 0 spiro atoms. The fourth-order valence-corrected chi connectivity index (χ4v) is 3.86. The minimum absolute atomic E-state index is 0.0168. The molecule has 0 saturated heterocycles. The Morgan fingerprint density at radius 2 is 1.78 bits per heavy atom. The van der Waals surface area contributed by atoms with E-state index >= 15 is 0 Å². The lowest BCUT2D eigenvalue weighted by Gasteiger charge is -2.35. The molecule has 4 rings (SSSR count). The summed E-state index contributed by atoms with van der Waals surface area (Å²) < 4.78 is 43.0. The number of primary amides is 2. The Morgan fingerprint density at radius 1 is 1.03 bits per heavy atom. The molecule has 3 amide bonds. The number of fused-ring (bicyclic) bond motifs is 1. The van der Waals surface area contributed by atoms with E-state index in [-0.39, 0.29) is 46.7 Å². The zero-order valence-electron chi connectivity index (χ0n) is 16.3. The van der Waals surface area contributed by atoms with Gasteiger partial charge in [0.25, 0.3) is 5.91 Å². The topological polar surface area (TPSA) is 131 Å². The second-order valence-electron chi connectivity index (χ2n) is 7.11. The first kappa shape index (κ1) is 20.9. The molecule has 2 heterocycles. The van der Waals surface area contributed by atoms with Crippen LogP contribution in [0.5, 0.6) is 0 Å². The zero-order valence-corrected chi connectivity index (χ0v) is 16.3. The molecule has 11 heteroatoms. The van der Waals surface area contributed by atoms with E-state index < -0.39 is 35.4 Å². The number of nitrogens with zero attached hydrogens (tertiary/aromatic N) is 4. The number of carbonyl (C=O) groups is 2. The second-order valence-corrected chi connectivity index (χ2v) is 7.11. The molecular weight excluding hydrogens is 425 g/mol. The Labute approximate surface area is 179 Å². The van der Waals surface area contributed by atoms with E-state index in [1.165, 1.54) is 27.8 Å². The SMILES string of the molecule is N#Cc1ccc(C2c3c(C(N)=O)c(-c4ccc(F)c(F)c4)nn3CCN2C(N)=O)cc1F.